The summed E-state index contributed by atoms with van der Waals surface area (Å²) in [4.78, 5) is 4.36. The van der Waals surface area contributed by atoms with Crippen LogP contribution in [0.25, 0.3) is 0 Å². The predicted octanol–water partition coefficient (Wildman–Crippen LogP) is 1.44. The van der Waals surface area contributed by atoms with E-state index in [1.165, 1.54) is 11.5 Å². The van der Waals surface area contributed by atoms with E-state index in [-0.39, 0.29) is 6.10 Å². The highest BCUT2D eigenvalue weighted by Gasteiger charge is 2.39. The van der Waals surface area contributed by atoms with Crippen molar-refractivity contribution < 1.29 is 9.84 Å². The van der Waals surface area contributed by atoms with Crippen molar-refractivity contribution in [2.75, 3.05) is 18.5 Å². The lowest BCUT2D eigenvalue weighted by Crippen LogP contribution is -2.43. The zero-order valence-electron chi connectivity index (χ0n) is 10.3. The van der Waals surface area contributed by atoms with Gasteiger partial charge in [0.25, 0.3) is 0 Å². The van der Waals surface area contributed by atoms with E-state index < -0.39 is 5.60 Å². The number of ether oxygens (including phenoxy) is 1. The smallest absolute Gasteiger partial charge is 0.202 e. The van der Waals surface area contributed by atoms with Gasteiger partial charge in [-0.2, -0.15) is 4.37 Å². The van der Waals surface area contributed by atoms with Crippen LogP contribution >= 0.6 is 11.5 Å². The Morgan fingerprint density at radius 1 is 1.65 bits per heavy atom. The number of rotatable bonds is 5. The molecule has 17 heavy (non-hydrogen) atoms. The number of nitrogens with zero attached hydrogens (tertiary/aromatic N) is 2. The maximum atomic E-state index is 10.3. The average molecular weight is 257 g/mol. The van der Waals surface area contributed by atoms with Gasteiger partial charge in [0.2, 0.25) is 5.13 Å². The lowest BCUT2D eigenvalue weighted by molar-refractivity contribution is -0.0175. The summed E-state index contributed by atoms with van der Waals surface area (Å²) >= 11 is 1.35. The second-order valence-electron chi connectivity index (χ2n) is 4.49. The molecule has 2 N–H and O–H groups in total. The van der Waals surface area contributed by atoms with Crippen molar-refractivity contribution in [3.63, 3.8) is 0 Å². The van der Waals surface area contributed by atoms with Gasteiger partial charge in [0.05, 0.1) is 6.10 Å². The van der Waals surface area contributed by atoms with Crippen LogP contribution < -0.4 is 5.32 Å². The van der Waals surface area contributed by atoms with E-state index in [1.54, 1.807) is 0 Å². The third-order valence-electron chi connectivity index (χ3n) is 3.15. The molecule has 1 fully saturated rings. The second kappa shape index (κ2) is 5.29. The summed E-state index contributed by atoms with van der Waals surface area (Å²) in [5, 5.41) is 14.2. The third-order valence-corrected chi connectivity index (χ3v) is 3.86. The van der Waals surface area contributed by atoms with E-state index in [4.69, 9.17) is 4.74 Å². The Labute approximate surface area is 105 Å². The molecule has 5 nitrogen and oxygen atoms in total. The van der Waals surface area contributed by atoms with E-state index >= 15 is 0 Å². The molecule has 1 aliphatic rings. The first-order chi connectivity index (χ1) is 8.14. The van der Waals surface area contributed by atoms with Crippen LogP contribution in [0.3, 0.4) is 0 Å². The van der Waals surface area contributed by atoms with Crippen LogP contribution in [0.1, 0.15) is 32.5 Å². The largest absolute Gasteiger partial charge is 0.385 e. The minimum Gasteiger partial charge on any atom is -0.385 e. The van der Waals surface area contributed by atoms with Crippen molar-refractivity contribution in [3.8, 4) is 0 Å². The molecule has 1 aromatic rings. The molecule has 1 aromatic heterocycles. The maximum absolute atomic E-state index is 10.3. The maximum Gasteiger partial charge on any atom is 0.202 e. The van der Waals surface area contributed by atoms with Crippen molar-refractivity contribution in [3.05, 3.63) is 5.82 Å². The normalized spacial score (nSPS) is 28.5. The van der Waals surface area contributed by atoms with E-state index in [0.717, 1.165) is 23.8 Å². The average Bonchev–Trinajstić information content (AvgIpc) is 2.86. The number of nitrogens with one attached hydrogen (secondary N) is 1. The van der Waals surface area contributed by atoms with Crippen LogP contribution in [0, 0.1) is 0 Å². The van der Waals surface area contributed by atoms with E-state index in [9.17, 15) is 5.11 Å². The minimum atomic E-state index is -0.781. The number of hydrogen-bond acceptors (Lipinski definition) is 6. The second-order valence-corrected chi connectivity index (χ2v) is 5.24. The van der Waals surface area contributed by atoms with Crippen LogP contribution in [0.5, 0.6) is 0 Å². The SMILES string of the molecule is CCCc1nsc(NCC2(O)CCOC2C)n1. The van der Waals surface area contributed by atoms with Gasteiger partial charge in [0, 0.05) is 37.5 Å². The summed E-state index contributed by atoms with van der Waals surface area (Å²) in [6.07, 6.45) is 2.49. The number of aliphatic hydroxyl groups is 1. The van der Waals surface area contributed by atoms with Crippen molar-refractivity contribution in [2.24, 2.45) is 0 Å². The molecule has 1 aliphatic heterocycles. The summed E-state index contributed by atoms with van der Waals surface area (Å²) in [5.74, 6) is 0.878. The van der Waals surface area contributed by atoms with Crippen LogP contribution in [0.15, 0.2) is 0 Å². The molecule has 2 heterocycles. The van der Waals surface area contributed by atoms with Crippen molar-refractivity contribution in [2.45, 2.75) is 44.8 Å². The number of anilines is 1. The van der Waals surface area contributed by atoms with Gasteiger partial charge in [0.1, 0.15) is 11.4 Å². The summed E-state index contributed by atoms with van der Waals surface area (Å²) in [6, 6.07) is 0. The van der Waals surface area contributed by atoms with Gasteiger partial charge >= 0.3 is 0 Å². The molecule has 0 saturated carbocycles. The Hall–Kier alpha value is -0.720. The monoisotopic (exact) mass is 257 g/mol. The van der Waals surface area contributed by atoms with Crippen LogP contribution in [0.2, 0.25) is 0 Å². The Kier molecular flexibility index (Phi) is 3.96. The fourth-order valence-corrected chi connectivity index (χ4v) is 2.49. The van der Waals surface area contributed by atoms with E-state index in [1.807, 2.05) is 6.92 Å². The number of aryl methyl sites for hydroxylation is 1. The number of hydrogen-bond donors (Lipinski definition) is 2. The summed E-state index contributed by atoms with van der Waals surface area (Å²) in [7, 11) is 0. The van der Waals surface area contributed by atoms with Gasteiger partial charge in [-0.1, -0.05) is 6.92 Å². The van der Waals surface area contributed by atoms with E-state index in [0.29, 0.717) is 19.6 Å². The zero-order valence-corrected chi connectivity index (χ0v) is 11.1. The van der Waals surface area contributed by atoms with Gasteiger partial charge < -0.3 is 15.2 Å². The molecule has 96 valence electrons. The molecule has 0 amide bonds. The van der Waals surface area contributed by atoms with Gasteiger partial charge in [-0.25, -0.2) is 4.98 Å². The third kappa shape index (κ3) is 2.94. The first-order valence-electron chi connectivity index (χ1n) is 6.04. The van der Waals surface area contributed by atoms with Crippen molar-refractivity contribution in [1.82, 2.24) is 9.36 Å². The lowest BCUT2D eigenvalue weighted by atomic mass is 9.97. The Bertz CT molecular complexity index is 371. The first-order valence-corrected chi connectivity index (χ1v) is 6.82. The molecule has 0 aromatic carbocycles. The minimum absolute atomic E-state index is 0.127. The fourth-order valence-electron chi connectivity index (χ4n) is 1.88. The topological polar surface area (TPSA) is 67.3 Å². The van der Waals surface area contributed by atoms with Gasteiger partial charge in [-0.15, -0.1) is 0 Å². The highest BCUT2D eigenvalue weighted by Crippen LogP contribution is 2.26. The summed E-state index contributed by atoms with van der Waals surface area (Å²) < 4.78 is 9.63. The molecule has 0 spiro atoms. The zero-order chi connectivity index (χ0) is 12.3. The quantitative estimate of drug-likeness (QED) is 0.835. The molecule has 0 radical (unpaired) electrons. The van der Waals surface area contributed by atoms with Gasteiger partial charge in [-0.3, -0.25) is 0 Å². The highest BCUT2D eigenvalue weighted by atomic mass is 32.1. The molecular formula is C11H19N3O2S. The van der Waals surface area contributed by atoms with Crippen molar-refractivity contribution >= 4 is 16.7 Å². The first kappa shape index (κ1) is 12.7. The standard InChI is InChI=1S/C11H19N3O2S/c1-3-4-9-13-10(17-14-9)12-7-11(15)5-6-16-8(11)2/h8,15H,3-7H2,1-2H3,(H,12,13,14). The summed E-state index contributed by atoms with van der Waals surface area (Å²) in [6.45, 7) is 5.09. The van der Waals surface area contributed by atoms with E-state index in [2.05, 4.69) is 21.6 Å². The van der Waals surface area contributed by atoms with Crippen LogP contribution in [-0.2, 0) is 11.2 Å². The molecule has 2 unspecified atom stereocenters. The Balaban J connectivity index is 1.88. The Morgan fingerprint density at radius 3 is 3.12 bits per heavy atom. The van der Waals surface area contributed by atoms with Crippen LogP contribution in [0.4, 0.5) is 5.13 Å². The lowest BCUT2D eigenvalue weighted by Gasteiger charge is -2.25. The molecule has 0 bridgehead atoms. The molecule has 0 aliphatic carbocycles. The molecule has 2 atom stereocenters. The molecular weight excluding hydrogens is 238 g/mol. The Morgan fingerprint density at radius 2 is 2.47 bits per heavy atom. The summed E-state index contributed by atoms with van der Waals surface area (Å²) in [5.41, 5.74) is -0.781. The predicted molar refractivity (Wildman–Crippen MR) is 67.4 cm³/mol. The molecule has 1 saturated heterocycles. The number of aromatic nitrogens is 2. The van der Waals surface area contributed by atoms with Gasteiger partial charge in [0.15, 0.2) is 0 Å². The van der Waals surface area contributed by atoms with Crippen LogP contribution in [-0.4, -0.2) is 39.3 Å². The molecule has 2 rings (SSSR count). The van der Waals surface area contributed by atoms with Crippen molar-refractivity contribution in [1.29, 1.82) is 0 Å². The van der Waals surface area contributed by atoms with Gasteiger partial charge in [-0.05, 0) is 13.3 Å². The molecule has 6 heteroatoms. The fraction of sp³-hybridized carbons (Fsp3) is 0.818. The highest BCUT2D eigenvalue weighted by molar-refractivity contribution is 7.09.